The number of aromatic nitrogens is 3. The van der Waals surface area contributed by atoms with E-state index in [4.69, 9.17) is 0 Å². The highest BCUT2D eigenvalue weighted by atomic mass is 79.9. The molecule has 8 nitrogen and oxygen atoms in total. The van der Waals surface area contributed by atoms with E-state index in [0.29, 0.717) is 6.42 Å². The first-order valence-corrected chi connectivity index (χ1v) is 9.56. The molecule has 0 bridgehead atoms. The maximum absolute atomic E-state index is 12.1. The molecule has 11 heteroatoms. The molecule has 1 aliphatic heterocycles. The predicted octanol–water partition coefficient (Wildman–Crippen LogP) is -0.709. The van der Waals surface area contributed by atoms with Crippen LogP contribution < -0.4 is 4.72 Å². The highest BCUT2D eigenvalue weighted by Gasteiger charge is 2.30. The van der Waals surface area contributed by atoms with Crippen LogP contribution in [0, 0.1) is 5.92 Å². The fourth-order valence-corrected chi connectivity index (χ4v) is 6.00. The van der Waals surface area contributed by atoms with Crippen molar-refractivity contribution in [3.8, 4) is 0 Å². The number of sulfone groups is 1. The van der Waals surface area contributed by atoms with Gasteiger partial charge in [-0.05, 0) is 28.3 Å². The van der Waals surface area contributed by atoms with Crippen molar-refractivity contribution in [2.24, 2.45) is 13.0 Å². The number of nitrogens with zero attached hydrogens (tertiary/aromatic N) is 3. The van der Waals surface area contributed by atoms with Crippen LogP contribution in [-0.2, 0) is 26.9 Å². The van der Waals surface area contributed by atoms with Gasteiger partial charge in [0.2, 0.25) is 5.03 Å². The second-order valence-electron chi connectivity index (χ2n) is 4.43. The molecule has 0 aliphatic carbocycles. The van der Waals surface area contributed by atoms with Gasteiger partial charge in [-0.2, -0.15) is 0 Å². The molecule has 1 aromatic rings. The summed E-state index contributed by atoms with van der Waals surface area (Å²) >= 11 is 3.02. The number of hydrogen-bond acceptors (Lipinski definition) is 6. The lowest BCUT2D eigenvalue weighted by molar-refractivity contribution is 0.532. The van der Waals surface area contributed by atoms with Crippen molar-refractivity contribution in [1.82, 2.24) is 19.7 Å². The molecule has 1 unspecified atom stereocenters. The van der Waals surface area contributed by atoms with Gasteiger partial charge in [-0.3, -0.25) is 0 Å². The summed E-state index contributed by atoms with van der Waals surface area (Å²) in [7, 11) is -5.30. The maximum atomic E-state index is 12.1. The quantitative estimate of drug-likeness (QED) is 0.747. The highest BCUT2D eigenvalue weighted by Crippen LogP contribution is 2.20. The monoisotopic (exact) mass is 372 g/mol. The third-order valence-electron chi connectivity index (χ3n) is 2.88. The summed E-state index contributed by atoms with van der Waals surface area (Å²) in [5.74, 6) is -0.0313. The van der Waals surface area contributed by atoms with E-state index in [9.17, 15) is 16.8 Å². The molecule has 0 amide bonds. The van der Waals surface area contributed by atoms with Gasteiger partial charge in [-0.15, -0.1) is 5.10 Å². The van der Waals surface area contributed by atoms with Crippen molar-refractivity contribution in [2.45, 2.75) is 11.4 Å². The minimum Gasteiger partial charge on any atom is -0.235 e. The van der Waals surface area contributed by atoms with Crippen molar-refractivity contribution >= 4 is 35.8 Å². The van der Waals surface area contributed by atoms with E-state index in [1.807, 2.05) is 0 Å². The molecule has 2 heterocycles. The van der Waals surface area contributed by atoms with Gasteiger partial charge in [0.1, 0.15) is 0 Å². The Morgan fingerprint density at radius 1 is 1.53 bits per heavy atom. The number of sulfonamides is 1. The molecule has 0 spiro atoms. The van der Waals surface area contributed by atoms with Crippen LogP contribution in [0.2, 0.25) is 0 Å². The lowest BCUT2D eigenvalue weighted by atomic mass is 10.1. The molecule has 2 rings (SSSR count). The zero-order chi connectivity index (χ0) is 14.3. The largest absolute Gasteiger partial charge is 0.260 e. The van der Waals surface area contributed by atoms with Gasteiger partial charge < -0.3 is 0 Å². The second-order valence-corrected chi connectivity index (χ2v) is 9.09. The minimum atomic E-state index is -3.76. The minimum absolute atomic E-state index is 0.0281. The summed E-state index contributed by atoms with van der Waals surface area (Å²) in [6.07, 6.45) is 0.482. The molecule has 0 aromatic carbocycles. The SMILES string of the molecule is Cn1nnc(Br)c1S(=O)(=O)NCC1CCS(=O)(=O)C1. The van der Waals surface area contributed by atoms with Gasteiger partial charge >= 0.3 is 0 Å². The second kappa shape index (κ2) is 5.11. The van der Waals surface area contributed by atoms with Crippen LogP contribution in [0.3, 0.4) is 0 Å². The highest BCUT2D eigenvalue weighted by molar-refractivity contribution is 9.10. The smallest absolute Gasteiger partial charge is 0.235 e. The van der Waals surface area contributed by atoms with Crippen LogP contribution in [0.5, 0.6) is 0 Å². The van der Waals surface area contributed by atoms with E-state index < -0.39 is 19.9 Å². The summed E-state index contributed by atoms with van der Waals surface area (Å²) in [6, 6.07) is 0. The van der Waals surface area contributed by atoms with Crippen molar-refractivity contribution < 1.29 is 16.8 Å². The van der Waals surface area contributed by atoms with Gasteiger partial charge in [0, 0.05) is 13.6 Å². The lowest BCUT2D eigenvalue weighted by Crippen LogP contribution is -2.31. The van der Waals surface area contributed by atoms with Gasteiger partial charge in [-0.25, -0.2) is 26.2 Å². The fraction of sp³-hybridized carbons (Fsp3) is 0.750. The first-order chi connectivity index (χ1) is 8.71. The van der Waals surface area contributed by atoms with E-state index in [1.165, 1.54) is 7.05 Å². The van der Waals surface area contributed by atoms with Crippen LogP contribution in [0.25, 0.3) is 0 Å². The van der Waals surface area contributed by atoms with Crippen LogP contribution in [0.1, 0.15) is 6.42 Å². The Hall–Kier alpha value is -0.520. The topological polar surface area (TPSA) is 111 Å². The molecule has 108 valence electrons. The molecular weight excluding hydrogens is 360 g/mol. The summed E-state index contributed by atoms with van der Waals surface area (Å²) in [5, 5.41) is 7.11. The number of halogens is 1. The molecule has 19 heavy (non-hydrogen) atoms. The molecule has 1 saturated heterocycles. The zero-order valence-corrected chi connectivity index (χ0v) is 13.3. The lowest BCUT2D eigenvalue weighted by Gasteiger charge is -2.10. The number of nitrogens with one attached hydrogen (secondary N) is 1. The molecule has 0 saturated carbocycles. The zero-order valence-electron chi connectivity index (χ0n) is 10.1. The Morgan fingerprint density at radius 2 is 2.21 bits per heavy atom. The molecule has 1 atom stereocenters. The van der Waals surface area contributed by atoms with Crippen molar-refractivity contribution in [1.29, 1.82) is 0 Å². The van der Waals surface area contributed by atoms with Gasteiger partial charge in [-0.1, -0.05) is 5.21 Å². The first-order valence-electron chi connectivity index (χ1n) is 5.46. The third kappa shape index (κ3) is 3.33. The van der Waals surface area contributed by atoms with Crippen molar-refractivity contribution in [3.05, 3.63) is 4.60 Å². The summed E-state index contributed by atoms with van der Waals surface area (Å²) in [6.45, 7) is 0.0964. The van der Waals surface area contributed by atoms with Crippen LogP contribution in [0.4, 0.5) is 0 Å². The average Bonchev–Trinajstić information content (AvgIpc) is 2.79. The molecule has 1 aliphatic rings. The maximum Gasteiger partial charge on any atom is 0.260 e. The normalized spacial score (nSPS) is 22.7. The first kappa shape index (κ1) is 14.9. The Bertz CT molecular complexity index is 662. The van der Waals surface area contributed by atoms with Crippen molar-refractivity contribution in [2.75, 3.05) is 18.1 Å². The number of aryl methyl sites for hydroxylation is 1. The Morgan fingerprint density at radius 3 is 2.68 bits per heavy atom. The Kier molecular flexibility index (Phi) is 4.00. The van der Waals surface area contributed by atoms with Gasteiger partial charge in [0.15, 0.2) is 14.4 Å². The van der Waals surface area contributed by atoms with E-state index in [1.54, 1.807) is 0 Å². The standard InChI is InChI=1S/C8H13BrN4O4S2/c1-13-8(7(9)11-12-13)19(16,17)10-4-6-2-3-18(14,15)5-6/h6,10H,2-5H2,1H3. The van der Waals surface area contributed by atoms with Crippen LogP contribution in [0.15, 0.2) is 9.63 Å². The predicted molar refractivity (Wildman–Crippen MR) is 70.7 cm³/mol. The fourth-order valence-electron chi connectivity index (χ4n) is 1.94. The number of hydrogen-bond donors (Lipinski definition) is 1. The molecule has 1 fully saturated rings. The van der Waals surface area contributed by atoms with E-state index >= 15 is 0 Å². The van der Waals surface area contributed by atoms with Gasteiger partial charge in [0.05, 0.1) is 11.5 Å². The van der Waals surface area contributed by atoms with Crippen LogP contribution >= 0.6 is 15.9 Å². The molecule has 1 N–H and O–H groups in total. The average molecular weight is 373 g/mol. The van der Waals surface area contributed by atoms with E-state index in [2.05, 4.69) is 31.0 Å². The molecule has 1 aromatic heterocycles. The third-order valence-corrected chi connectivity index (χ3v) is 7.03. The Balaban J connectivity index is 2.07. The van der Waals surface area contributed by atoms with Crippen LogP contribution in [-0.4, -0.2) is 49.9 Å². The van der Waals surface area contributed by atoms with Gasteiger partial charge in [0.25, 0.3) is 10.0 Å². The van der Waals surface area contributed by atoms with E-state index in [-0.39, 0.29) is 33.6 Å². The number of rotatable bonds is 4. The molecular formula is C8H13BrN4O4S2. The van der Waals surface area contributed by atoms with E-state index in [0.717, 1.165) is 4.68 Å². The summed E-state index contributed by atoms with van der Waals surface area (Å²) < 4.78 is 50.4. The summed E-state index contributed by atoms with van der Waals surface area (Å²) in [5.41, 5.74) is 0. The Labute approximate surface area is 119 Å². The molecule has 0 radical (unpaired) electrons. The summed E-state index contributed by atoms with van der Waals surface area (Å²) in [4.78, 5) is 0. The van der Waals surface area contributed by atoms with Crippen molar-refractivity contribution in [3.63, 3.8) is 0 Å².